The number of hydrogen-bond donors (Lipinski definition) is 1. The van der Waals surface area contributed by atoms with Gasteiger partial charge >= 0.3 is 0 Å². The van der Waals surface area contributed by atoms with E-state index in [9.17, 15) is 4.79 Å². The smallest absolute Gasteiger partial charge is 0.139 e. The van der Waals surface area contributed by atoms with E-state index < -0.39 is 5.54 Å². The van der Waals surface area contributed by atoms with E-state index in [1.807, 2.05) is 0 Å². The van der Waals surface area contributed by atoms with Gasteiger partial charge in [0.25, 0.3) is 0 Å². The fourth-order valence-corrected chi connectivity index (χ4v) is 1.17. The van der Waals surface area contributed by atoms with Gasteiger partial charge in [-0.15, -0.1) is 0 Å². The quantitative estimate of drug-likeness (QED) is 0.471. The largest absolute Gasteiger partial charge is 0.319 e. The van der Waals surface area contributed by atoms with Gasteiger partial charge in [0.2, 0.25) is 0 Å². The molecule has 0 aromatic carbocycles. The van der Waals surface area contributed by atoms with E-state index >= 15 is 0 Å². The van der Waals surface area contributed by atoms with Crippen molar-refractivity contribution in [2.24, 2.45) is 5.73 Å². The Hall–Kier alpha value is -0.370. The number of rotatable bonds is 7. The summed E-state index contributed by atoms with van der Waals surface area (Å²) in [5.41, 5.74) is 5.07. The van der Waals surface area contributed by atoms with Crippen LogP contribution in [0.2, 0.25) is 0 Å². The summed E-state index contributed by atoms with van der Waals surface area (Å²) in [5.74, 6) is 0. The van der Waals surface area contributed by atoms with Gasteiger partial charge in [0.15, 0.2) is 0 Å². The van der Waals surface area contributed by atoms with Gasteiger partial charge in [0, 0.05) is 0 Å². The number of hydrogen-bond acceptors (Lipinski definition) is 2. The number of aldehydes is 1. The third-order valence-electron chi connectivity index (χ3n) is 2.09. The fourth-order valence-electron chi connectivity index (χ4n) is 1.17. The Morgan fingerprint density at radius 2 is 1.83 bits per heavy atom. The summed E-state index contributed by atoms with van der Waals surface area (Å²) < 4.78 is 0. The highest BCUT2D eigenvalue weighted by Gasteiger charge is 2.15. The van der Waals surface area contributed by atoms with Gasteiger partial charge in [-0.25, -0.2) is 0 Å². The first-order chi connectivity index (χ1) is 5.62. The van der Waals surface area contributed by atoms with Crippen LogP contribution in [-0.2, 0) is 4.79 Å². The summed E-state index contributed by atoms with van der Waals surface area (Å²) >= 11 is 0. The van der Waals surface area contributed by atoms with E-state index in [1.165, 1.54) is 25.7 Å². The van der Waals surface area contributed by atoms with Crippen molar-refractivity contribution in [3.8, 4) is 0 Å². The van der Waals surface area contributed by atoms with Crippen molar-refractivity contribution in [2.75, 3.05) is 0 Å². The van der Waals surface area contributed by atoms with E-state index in [0.717, 1.165) is 19.1 Å². The van der Waals surface area contributed by atoms with Gasteiger partial charge in [-0.2, -0.15) is 0 Å². The second kappa shape index (κ2) is 6.18. The first-order valence-electron chi connectivity index (χ1n) is 4.87. The molecule has 0 bridgehead atoms. The highest BCUT2D eigenvalue weighted by molar-refractivity contribution is 5.62. The zero-order chi connectivity index (χ0) is 9.45. The second-order valence-electron chi connectivity index (χ2n) is 3.79. The summed E-state index contributed by atoms with van der Waals surface area (Å²) in [5, 5.41) is 0. The predicted octanol–water partition coefficient (Wildman–Crippen LogP) is 2.26. The molecule has 0 rings (SSSR count). The molecule has 12 heavy (non-hydrogen) atoms. The zero-order valence-corrected chi connectivity index (χ0v) is 8.31. The van der Waals surface area contributed by atoms with Crippen LogP contribution in [0.5, 0.6) is 0 Å². The van der Waals surface area contributed by atoms with E-state index in [2.05, 4.69) is 6.92 Å². The van der Waals surface area contributed by atoms with E-state index in [1.54, 1.807) is 6.92 Å². The lowest BCUT2D eigenvalue weighted by molar-refractivity contribution is -0.112. The molecule has 72 valence electrons. The highest BCUT2D eigenvalue weighted by Crippen LogP contribution is 2.11. The van der Waals surface area contributed by atoms with Crippen LogP contribution in [0, 0.1) is 0 Å². The number of nitrogens with two attached hydrogens (primary N) is 1. The minimum absolute atomic E-state index is 0.591. The predicted molar refractivity (Wildman–Crippen MR) is 52.0 cm³/mol. The molecule has 2 heteroatoms. The first kappa shape index (κ1) is 11.6. The number of carbonyl (C=O) groups excluding carboxylic acids is 1. The lowest BCUT2D eigenvalue weighted by atomic mass is 9.97. The van der Waals surface area contributed by atoms with Crippen LogP contribution >= 0.6 is 0 Å². The summed E-state index contributed by atoms with van der Waals surface area (Å²) in [6.45, 7) is 3.98. The maximum atomic E-state index is 10.4. The lowest BCUT2D eigenvalue weighted by Gasteiger charge is -2.15. The molecule has 0 fully saturated rings. The van der Waals surface area contributed by atoms with Crippen molar-refractivity contribution in [3.05, 3.63) is 0 Å². The SMILES string of the molecule is CCCCCCC[C@@](C)(N)C=O. The molecule has 0 spiro atoms. The molecule has 0 aliphatic heterocycles. The third-order valence-corrected chi connectivity index (χ3v) is 2.09. The van der Waals surface area contributed by atoms with Crippen LogP contribution in [0.1, 0.15) is 52.4 Å². The van der Waals surface area contributed by atoms with Crippen molar-refractivity contribution in [1.29, 1.82) is 0 Å². The van der Waals surface area contributed by atoms with Gasteiger partial charge in [-0.1, -0.05) is 39.0 Å². The Bertz CT molecular complexity index is 121. The zero-order valence-electron chi connectivity index (χ0n) is 8.31. The van der Waals surface area contributed by atoms with Crippen LogP contribution < -0.4 is 5.73 Å². The summed E-state index contributed by atoms with van der Waals surface area (Å²) in [7, 11) is 0. The van der Waals surface area contributed by atoms with Crippen molar-refractivity contribution >= 4 is 6.29 Å². The maximum Gasteiger partial charge on any atom is 0.139 e. The van der Waals surface area contributed by atoms with Crippen LogP contribution in [-0.4, -0.2) is 11.8 Å². The monoisotopic (exact) mass is 171 g/mol. The van der Waals surface area contributed by atoms with Gasteiger partial charge in [0.05, 0.1) is 5.54 Å². The normalized spacial score (nSPS) is 15.6. The summed E-state index contributed by atoms with van der Waals surface area (Å²) in [6.07, 6.45) is 7.77. The average Bonchev–Trinajstić information content (AvgIpc) is 2.04. The van der Waals surface area contributed by atoms with Gasteiger partial charge in [-0.05, 0) is 13.3 Å². The van der Waals surface area contributed by atoms with Gasteiger partial charge < -0.3 is 10.5 Å². The van der Waals surface area contributed by atoms with Crippen molar-refractivity contribution in [2.45, 2.75) is 57.9 Å². The summed E-state index contributed by atoms with van der Waals surface area (Å²) in [6, 6.07) is 0. The van der Waals surface area contributed by atoms with Crippen molar-refractivity contribution in [1.82, 2.24) is 0 Å². The molecule has 0 saturated carbocycles. The maximum absolute atomic E-state index is 10.4. The minimum Gasteiger partial charge on any atom is -0.319 e. The number of unbranched alkanes of at least 4 members (excludes halogenated alkanes) is 4. The molecule has 0 radical (unpaired) electrons. The molecule has 0 saturated heterocycles. The molecule has 0 unspecified atom stereocenters. The number of carbonyl (C=O) groups is 1. The van der Waals surface area contributed by atoms with E-state index in [-0.39, 0.29) is 0 Å². The topological polar surface area (TPSA) is 43.1 Å². The Balaban J connectivity index is 3.25. The van der Waals surface area contributed by atoms with Crippen molar-refractivity contribution in [3.63, 3.8) is 0 Å². The molecule has 0 aromatic heterocycles. The first-order valence-corrected chi connectivity index (χ1v) is 4.87. The standard InChI is InChI=1S/C10H21NO/c1-3-4-5-6-7-8-10(2,11)9-12/h9H,3-8,11H2,1-2H3/t10-/m1/s1. The average molecular weight is 171 g/mol. The van der Waals surface area contributed by atoms with Crippen molar-refractivity contribution < 1.29 is 4.79 Å². The molecule has 0 heterocycles. The Morgan fingerprint density at radius 3 is 2.33 bits per heavy atom. The van der Waals surface area contributed by atoms with E-state index in [4.69, 9.17) is 5.73 Å². The molecule has 2 N–H and O–H groups in total. The molecule has 2 nitrogen and oxygen atoms in total. The molecular weight excluding hydrogens is 150 g/mol. The summed E-state index contributed by atoms with van der Waals surface area (Å²) in [4.78, 5) is 10.4. The second-order valence-corrected chi connectivity index (χ2v) is 3.79. The Labute approximate surface area is 75.5 Å². The molecule has 0 aliphatic carbocycles. The lowest BCUT2D eigenvalue weighted by Crippen LogP contribution is -2.37. The fraction of sp³-hybridized carbons (Fsp3) is 0.900. The Morgan fingerprint density at radius 1 is 1.25 bits per heavy atom. The highest BCUT2D eigenvalue weighted by atomic mass is 16.1. The third kappa shape index (κ3) is 6.35. The van der Waals surface area contributed by atoms with Crippen LogP contribution in [0.3, 0.4) is 0 Å². The minimum atomic E-state index is -0.591. The Kier molecular flexibility index (Phi) is 5.99. The molecule has 0 aromatic rings. The van der Waals surface area contributed by atoms with Gasteiger partial charge in [0.1, 0.15) is 6.29 Å². The molecule has 0 amide bonds. The van der Waals surface area contributed by atoms with Crippen LogP contribution in [0.4, 0.5) is 0 Å². The van der Waals surface area contributed by atoms with Crippen LogP contribution in [0.25, 0.3) is 0 Å². The van der Waals surface area contributed by atoms with Crippen LogP contribution in [0.15, 0.2) is 0 Å². The molecular formula is C10H21NO. The van der Waals surface area contributed by atoms with E-state index in [0.29, 0.717) is 0 Å². The molecule has 0 aliphatic rings. The van der Waals surface area contributed by atoms with Gasteiger partial charge in [-0.3, -0.25) is 0 Å². The molecule has 1 atom stereocenters.